The first-order chi connectivity index (χ1) is 7.74. The van der Waals surface area contributed by atoms with E-state index in [-0.39, 0.29) is 0 Å². The Morgan fingerprint density at radius 3 is 2.75 bits per heavy atom. The second kappa shape index (κ2) is 4.32. The minimum Gasteiger partial charge on any atom is -0.372 e. The van der Waals surface area contributed by atoms with Crippen molar-refractivity contribution >= 4 is 22.7 Å². The van der Waals surface area contributed by atoms with Crippen LogP contribution < -0.4 is 16.4 Å². The lowest BCUT2D eigenvalue weighted by Gasteiger charge is -2.07. The third-order valence-corrected chi connectivity index (χ3v) is 2.40. The lowest BCUT2D eigenvalue weighted by Crippen LogP contribution is -2.06. The standard InChI is InChI=1S/C11H15N5/c1-13-6-7-3-4-9-8(5-7)10(14-2)16-11(12)15-9/h3-5,13H,6H2,1-2H3,(H3,12,14,15,16). The number of rotatable bonds is 3. The normalized spacial score (nSPS) is 10.6. The second-order valence-corrected chi connectivity index (χ2v) is 3.56. The van der Waals surface area contributed by atoms with Gasteiger partial charge in [0.2, 0.25) is 5.95 Å². The highest BCUT2D eigenvalue weighted by Gasteiger charge is 2.05. The van der Waals surface area contributed by atoms with E-state index in [1.54, 1.807) is 0 Å². The monoisotopic (exact) mass is 217 g/mol. The van der Waals surface area contributed by atoms with E-state index in [0.29, 0.717) is 5.95 Å². The van der Waals surface area contributed by atoms with Gasteiger partial charge in [-0.05, 0) is 24.7 Å². The Kier molecular flexibility index (Phi) is 2.87. The van der Waals surface area contributed by atoms with Gasteiger partial charge in [-0.25, -0.2) is 4.98 Å². The van der Waals surface area contributed by atoms with Gasteiger partial charge in [-0.3, -0.25) is 0 Å². The molecule has 0 radical (unpaired) electrons. The largest absolute Gasteiger partial charge is 0.372 e. The maximum Gasteiger partial charge on any atom is 0.222 e. The van der Waals surface area contributed by atoms with Gasteiger partial charge in [0.15, 0.2) is 0 Å². The lowest BCUT2D eigenvalue weighted by molar-refractivity contribution is 0.819. The van der Waals surface area contributed by atoms with Gasteiger partial charge < -0.3 is 16.4 Å². The summed E-state index contributed by atoms with van der Waals surface area (Å²) < 4.78 is 0. The number of benzene rings is 1. The molecule has 0 spiro atoms. The molecule has 0 aliphatic rings. The SMILES string of the molecule is CNCc1ccc2nc(N)nc(NC)c2c1. The summed E-state index contributed by atoms with van der Waals surface area (Å²) in [6.07, 6.45) is 0. The van der Waals surface area contributed by atoms with Crippen LogP contribution in [0.5, 0.6) is 0 Å². The van der Waals surface area contributed by atoms with Crippen LogP contribution >= 0.6 is 0 Å². The first-order valence-electron chi connectivity index (χ1n) is 5.13. The van der Waals surface area contributed by atoms with Crippen LogP contribution in [0.1, 0.15) is 5.56 Å². The zero-order chi connectivity index (χ0) is 11.5. The minimum atomic E-state index is 0.290. The summed E-state index contributed by atoms with van der Waals surface area (Å²) in [4.78, 5) is 8.35. The van der Waals surface area contributed by atoms with Crippen molar-refractivity contribution in [3.05, 3.63) is 23.8 Å². The third kappa shape index (κ3) is 1.90. The van der Waals surface area contributed by atoms with E-state index in [1.165, 1.54) is 5.56 Å². The van der Waals surface area contributed by atoms with Crippen LogP contribution in [0.3, 0.4) is 0 Å². The van der Waals surface area contributed by atoms with E-state index < -0.39 is 0 Å². The number of fused-ring (bicyclic) bond motifs is 1. The molecule has 0 unspecified atom stereocenters. The Hall–Kier alpha value is -1.88. The molecule has 0 saturated carbocycles. The summed E-state index contributed by atoms with van der Waals surface area (Å²) in [5.74, 6) is 1.05. The van der Waals surface area contributed by atoms with Gasteiger partial charge >= 0.3 is 0 Å². The smallest absolute Gasteiger partial charge is 0.222 e. The molecule has 5 heteroatoms. The number of nitrogen functional groups attached to an aromatic ring is 1. The Balaban J connectivity index is 2.61. The minimum absolute atomic E-state index is 0.290. The van der Waals surface area contributed by atoms with Gasteiger partial charge in [0.1, 0.15) is 5.82 Å². The predicted molar refractivity (Wildman–Crippen MR) is 66.3 cm³/mol. The third-order valence-electron chi connectivity index (χ3n) is 2.40. The molecular formula is C11H15N5. The first-order valence-corrected chi connectivity index (χ1v) is 5.13. The fourth-order valence-corrected chi connectivity index (χ4v) is 1.70. The Morgan fingerprint density at radius 1 is 1.25 bits per heavy atom. The molecule has 0 aliphatic carbocycles. The van der Waals surface area contributed by atoms with Crippen LogP contribution in [0.2, 0.25) is 0 Å². The van der Waals surface area contributed by atoms with Gasteiger partial charge in [0.05, 0.1) is 5.52 Å². The Bertz CT molecular complexity index is 509. The predicted octanol–water partition coefficient (Wildman–Crippen LogP) is 0.973. The molecule has 0 atom stereocenters. The van der Waals surface area contributed by atoms with Crippen molar-refractivity contribution in [2.75, 3.05) is 25.1 Å². The van der Waals surface area contributed by atoms with Crippen molar-refractivity contribution in [1.29, 1.82) is 0 Å². The quantitative estimate of drug-likeness (QED) is 0.714. The van der Waals surface area contributed by atoms with Gasteiger partial charge in [-0.1, -0.05) is 6.07 Å². The number of hydrogen-bond donors (Lipinski definition) is 3. The number of nitrogens with two attached hydrogens (primary N) is 1. The summed E-state index contributed by atoms with van der Waals surface area (Å²) in [6.45, 7) is 0.823. The van der Waals surface area contributed by atoms with Gasteiger partial charge in [0, 0.05) is 19.0 Å². The van der Waals surface area contributed by atoms with E-state index in [9.17, 15) is 0 Å². The molecule has 0 amide bonds. The molecule has 2 rings (SSSR count). The molecule has 0 saturated heterocycles. The number of anilines is 2. The maximum atomic E-state index is 5.62. The zero-order valence-electron chi connectivity index (χ0n) is 9.41. The maximum absolute atomic E-state index is 5.62. The lowest BCUT2D eigenvalue weighted by atomic mass is 10.1. The van der Waals surface area contributed by atoms with Crippen LogP contribution in [0.25, 0.3) is 10.9 Å². The highest BCUT2D eigenvalue weighted by molar-refractivity contribution is 5.90. The number of aromatic nitrogens is 2. The average Bonchev–Trinajstić information content (AvgIpc) is 2.29. The molecular weight excluding hydrogens is 202 g/mol. The van der Waals surface area contributed by atoms with Gasteiger partial charge in [-0.2, -0.15) is 4.98 Å². The highest BCUT2D eigenvalue weighted by atomic mass is 15.1. The van der Waals surface area contributed by atoms with Crippen molar-refractivity contribution in [2.45, 2.75) is 6.54 Å². The molecule has 16 heavy (non-hydrogen) atoms. The van der Waals surface area contributed by atoms with Crippen molar-refractivity contribution in [3.8, 4) is 0 Å². The Morgan fingerprint density at radius 2 is 2.06 bits per heavy atom. The van der Waals surface area contributed by atoms with E-state index in [4.69, 9.17) is 5.73 Å². The molecule has 1 aromatic heterocycles. The molecule has 0 fully saturated rings. The Labute approximate surface area is 94.1 Å². The van der Waals surface area contributed by atoms with Crippen LogP contribution in [0.4, 0.5) is 11.8 Å². The second-order valence-electron chi connectivity index (χ2n) is 3.56. The highest BCUT2D eigenvalue weighted by Crippen LogP contribution is 2.22. The zero-order valence-corrected chi connectivity index (χ0v) is 9.41. The molecule has 84 valence electrons. The number of nitrogens with one attached hydrogen (secondary N) is 2. The van der Waals surface area contributed by atoms with Crippen LogP contribution in [0, 0.1) is 0 Å². The number of nitrogens with zero attached hydrogens (tertiary/aromatic N) is 2. The summed E-state index contributed by atoms with van der Waals surface area (Å²) in [6, 6.07) is 6.06. The van der Waals surface area contributed by atoms with Crippen molar-refractivity contribution < 1.29 is 0 Å². The molecule has 0 bridgehead atoms. The van der Waals surface area contributed by atoms with Crippen molar-refractivity contribution in [1.82, 2.24) is 15.3 Å². The van der Waals surface area contributed by atoms with Crippen LogP contribution in [0.15, 0.2) is 18.2 Å². The molecule has 5 nitrogen and oxygen atoms in total. The van der Waals surface area contributed by atoms with E-state index in [0.717, 1.165) is 23.3 Å². The number of hydrogen-bond acceptors (Lipinski definition) is 5. The van der Waals surface area contributed by atoms with Gasteiger partial charge in [-0.15, -0.1) is 0 Å². The summed E-state index contributed by atoms with van der Waals surface area (Å²) in [7, 11) is 3.74. The molecule has 0 aliphatic heterocycles. The van der Waals surface area contributed by atoms with Crippen LogP contribution in [-0.2, 0) is 6.54 Å². The first kappa shape index (κ1) is 10.6. The van der Waals surface area contributed by atoms with Crippen molar-refractivity contribution in [3.63, 3.8) is 0 Å². The summed E-state index contributed by atoms with van der Waals surface area (Å²) in [5.41, 5.74) is 7.67. The average molecular weight is 217 g/mol. The topological polar surface area (TPSA) is 75.9 Å². The summed E-state index contributed by atoms with van der Waals surface area (Å²) in [5, 5.41) is 7.13. The fraction of sp³-hybridized carbons (Fsp3) is 0.273. The molecule has 1 aromatic carbocycles. The van der Waals surface area contributed by atoms with Crippen LogP contribution in [-0.4, -0.2) is 24.1 Å². The van der Waals surface area contributed by atoms with Crippen molar-refractivity contribution in [2.24, 2.45) is 0 Å². The summed E-state index contributed by atoms with van der Waals surface area (Å²) >= 11 is 0. The van der Waals surface area contributed by atoms with Gasteiger partial charge in [0.25, 0.3) is 0 Å². The molecule has 2 aromatic rings. The molecule has 1 heterocycles. The van der Waals surface area contributed by atoms with E-state index >= 15 is 0 Å². The van der Waals surface area contributed by atoms with E-state index in [1.807, 2.05) is 26.2 Å². The van der Waals surface area contributed by atoms with E-state index in [2.05, 4.69) is 26.7 Å². The fourth-order valence-electron chi connectivity index (χ4n) is 1.70. The molecule has 4 N–H and O–H groups in total.